The molecule has 0 saturated carbocycles. The lowest BCUT2D eigenvalue weighted by Gasteiger charge is -2.29. The van der Waals surface area contributed by atoms with Crippen LogP contribution in [0.25, 0.3) is 0 Å². The number of ether oxygens (including phenoxy) is 4. The van der Waals surface area contributed by atoms with Gasteiger partial charge in [-0.1, -0.05) is 63.2 Å². The topological polar surface area (TPSA) is 159 Å². The minimum absolute atomic E-state index is 0.0215. The number of hydrogen-bond donors (Lipinski definition) is 3. The maximum absolute atomic E-state index is 13.6. The first-order valence-electron chi connectivity index (χ1n) is 17.0. The fourth-order valence-corrected chi connectivity index (χ4v) is 5.90. The number of benzene rings is 2. The zero-order valence-corrected chi connectivity index (χ0v) is 29.6. The standard InChI is InChI=1S/C38H51N3O8/c1-22(2)17-31-36(44)47-30(24(4)33-34(49-33)27-14-11-25(20-39)12-15-27)9-8-10-32(42)41-28(19-26-13-16-29(46-7)23(3)18-26)35(43)40-21-38(5,6)37(45)48-31/h8,10-16,18,22,24,28,30-31,33-34H,9,17,19-21,39H2,1-7H3,(H,40,43)(H,41,42)/b10-8+/t24-,28+,30-,31-,33+,34+/m0/s1. The second-order valence-corrected chi connectivity index (χ2v) is 14.1. The van der Waals surface area contributed by atoms with Gasteiger partial charge in [0.2, 0.25) is 11.8 Å². The van der Waals surface area contributed by atoms with Crippen molar-refractivity contribution in [2.75, 3.05) is 13.7 Å². The number of nitrogens with two attached hydrogens (primary N) is 1. The van der Waals surface area contributed by atoms with Crippen molar-refractivity contribution in [3.8, 4) is 5.75 Å². The lowest BCUT2D eigenvalue weighted by atomic mass is 9.92. The third-order valence-electron chi connectivity index (χ3n) is 9.07. The molecule has 4 rings (SSSR count). The monoisotopic (exact) mass is 677 g/mol. The number of aryl methyl sites for hydroxylation is 1. The molecule has 11 nitrogen and oxygen atoms in total. The van der Waals surface area contributed by atoms with Gasteiger partial charge in [-0.25, -0.2) is 4.79 Å². The van der Waals surface area contributed by atoms with Crippen LogP contribution in [0.4, 0.5) is 0 Å². The minimum atomic E-state index is -1.19. The number of cyclic esters (lactones) is 2. The molecular weight excluding hydrogens is 626 g/mol. The van der Waals surface area contributed by atoms with Crippen molar-refractivity contribution >= 4 is 23.8 Å². The van der Waals surface area contributed by atoms with E-state index in [1.165, 1.54) is 6.08 Å². The van der Waals surface area contributed by atoms with Crippen LogP contribution in [0.5, 0.6) is 5.75 Å². The van der Waals surface area contributed by atoms with Gasteiger partial charge in [-0.05, 0) is 67.5 Å². The van der Waals surface area contributed by atoms with Gasteiger partial charge >= 0.3 is 11.9 Å². The molecule has 0 bridgehead atoms. The van der Waals surface area contributed by atoms with Crippen LogP contribution in [-0.4, -0.2) is 61.8 Å². The zero-order valence-electron chi connectivity index (χ0n) is 29.6. The van der Waals surface area contributed by atoms with E-state index in [9.17, 15) is 19.2 Å². The Morgan fingerprint density at radius 2 is 1.69 bits per heavy atom. The smallest absolute Gasteiger partial charge is 0.347 e. The van der Waals surface area contributed by atoms with Gasteiger partial charge in [-0.3, -0.25) is 14.4 Å². The Kier molecular flexibility index (Phi) is 12.6. The molecule has 0 aliphatic carbocycles. The molecule has 2 aliphatic rings. The van der Waals surface area contributed by atoms with Crippen LogP contribution < -0.4 is 21.1 Å². The number of rotatable bonds is 9. The number of methoxy groups -OCH3 is 1. The van der Waals surface area contributed by atoms with E-state index >= 15 is 0 Å². The van der Waals surface area contributed by atoms with Gasteiger partial charge in [0.05, 0.1) is 18.6 Å². The number of nitrogens with one attached hydrogen (secondary N) is 2. The van der Waals surface area contributed by atoms with Gasteiger partial charge in [0.1, 0.15) is 24.0 Å². The lowest BCUT2D eigenvalue weighted by Crippen LogP contribution is -2.51. The first-order chi connectivity index (χ1) is 23.2. The number of carbonyl (C=O) groups is 4. The SMILES string of the molecule is COc1ccc(C[C@H]2NC(=O)/C=C/C[C@@H]([C@H](C)[C@H]3O[C@@H]3c3ccc(CN)cc3)OC(=O)[C@H](CC(C)C)OC(=O)C(C)(C)CNC2=O)cc1C. The van der Waals surface area contributed by atoms with E-state index in [0.29, 0.717) is 12.3 Å². The van der Waals surface area contributed by atoms with Crippen LogP contribution in [0.2, 0.25) is 0 Å². The van der Waals surface area contributed by atoms with Crippen molar-refractivity contribution in [2.45, 2.75) is 97.8 Å². The van der Waals surface area contributed by atoms with Crippen molar-refractivity contribution in [1.82, 2.24) is 10.6 Å². The summed E-state index contributed by atoms with van der Waals surface area (Å²) in [6.45, 7) is 11.3. The van der Waals surface area contributed by atoms with Crippen molar-refractivity contribution in [1.29, 1.82) is 0 Å². The average molecular weight is 678 g/mol. The molecule has 0 unspecified atom stereocenters. The molecule has 0 aromatic heterocycles. The number of hydrogen-bond acceptors (Lipinski definition) is 9. The Hall–Kier alpha value is -4.22. The summed E-state index contributed by atoms with van der Waals surface area (Å²) in [5.41, 5.74) is 8.29. The van der Waals surface area contributed by atoms with Crippen LogP contribution >= 0.6 is 0 Å². The molecule has 1 saturated heterocycles. The summed E-state index contributed by atoms with van der Waals surface area (Å²) in [5.74, 6) is -1.78. The van der Waals surface area contributed by atoms with Crippen LogP contribution in [0.15, 0.2) is 54.6 Å². The summed E-state index contributed by atoms with van der Waals surface area (Å²) in [6, 6.07) is 12.5. The molecular formula is C38H51N3O8. The van der Waals surface area contributed by atoms with E-state index in [0.717, 1.165) is 22.3 Å². The Bertz CT molecular complexity index is 1520. The molecule has 4 N–H and O–H groups in total. The molecule has 2 amide bonds. The summed E-state index contributed by atoms with van der Waals surface area (Å²) in [6.07, 6.45) is 1.38. The molecule has 2 heterocycles. The van der Waals surface area contributed by atoms with Gasteiger partial charge < -0.3 is 35.3 Å². The fourth-order valence-electron chi connectivity index (χ4n) is 5.90. The van der Waals surface area contributed by atoms with E-state index in [4.69, 9.17) is 24.7 Å². The van der Waals surface area contributed by atoms with Crippen LogP contribution in [0, 0.1) is 24.2 Å². The van der Waals surface area contributed by atoms with Gasteiger partial charge in [0.25, 0.3) is 0 Å². The van der Waals surface area contributed by atoms with Gasteiger partial charge in [-0.2, -0.15) is 0 Å². The Labute approximate surface area is 289 Å². The molecule has 266 valence electrons. The molecule has 6 atom stereocenters. The molecule has 0 spiro atoms. The largest absolute Gasteiger partial charge is 0.496 e. The van der Waals surface area contributed by atoms with Crippen molar-refractivity contribution in [3.05, 3.63) is 76.9 Å². The van der Waals surface area contributed by atoms with Gasteiger partial charge in [0.15, 0.2) is 6.10 Å². The predicted molar refractivity (Wildman–Crippen MR) is 184 cm³/mol. The molecule has 0 radical (unpaired) electrons. The van der Waals surface area contributed by atoms with Crippen molar-refractivity contribution in [2.24, 2.45) is 23.0 Å². The van der Waals surface area contributed by atoms with Gasteiger partial charge in [0, 0.05) is 31.8 Å². The molecule has 2 aliphatic heterocycles. The Morgan fingerprint density at radius 3 is 2.33 bits per heavy atom. The summed E-state index contributed by atoms with van der Waals surface area (Å²) in [7, 11) is 1.59. The number of carbonyl (C=O) groups excluding carboxylic acids is 4. The Morgan fingerprint density at radius 1 is 1.00 bits per heavy atom. The molecule has 1 fully saturated rings. The Balaban J connectivity index is 1.60. The van der Waals surface area contributed by atoms with Crippen LogP contribution in [0.1, 0.15) is 75.8 Å². The fraction of sp³-hybridized carbons (Fsp3) is 0.526. The summed E-state index contributed by atoms with van der Waals surface area (Å²) in [4.78, 5) is 53.8. The van der Waals surface area contributed by atoms with Crippen molar-refractivity contribution < 1.29 is 38.1 Å². The number of epoxide rings is 1. The maximum Gasteiger partial charge on any atom is 0.347 e. The van der Waals surface area contributed by atoms with E-state index in [-0.39, 0.29) is 49.9 Å². The highest BCUT2D eigenvalue weighted by Gasteiger charge is 2.48. The first kappa shape index (κ1) is 37.6. The quantitative estimate of drug-likeness (QED) is 0.261. The molecule has 11 heteroatoms. The predicted octanol–water partition coefficient (Wildman–Crippen LogP) is 4.24. The minimum Gasteiger partial charge on any atom is -0.496 e. The molecule has 2 aromatic carbocycles. The highest BCUT2D eigenvalue weighted by Crippen LogP contribution is 2.45. The first-order valence-corrected chi connectivity index (χ1v) is 17.0. The second kappa shape index (κ2) is 16.5. The summed E-state index contributed by atoms with van der Waals surface area (Å²) >= 11 is 0. The summed E-state index contributed by atoms with van der Waals surface area (Å²) in [5, 5.41) is 5.62. The van der Waals surface area contributed by atoms with Crippen LogP contribution in [-0.2, 0) is 46.4 Å². The van der Waals surface area contributed by atoms with Crippen LogP contribution in [0.3, 0.4) is 0 Å². The zero-order chi connectivity index (χ0) is 35.9. The third kappa shape index (κ3) is 10.1. The third-order valence-corrected chi connectivity index (χ3v) is 9.07. The number of amides is 2. The molecule has 49 heavy (non-hydrogen) atoms. The van der Waals surface area contributed by atoms with Crippen molar-refractivity contribution in [3.63, 3.8) is 0 Å². The summed E-state index contributed by atoms with van der Waals surface area (Å²) < 4.78 is 23.3. The lowest BCUT2D eigenvalue weighted by molar-refractivity contribution is -0.179. The molecule has 2 aromatic rings. The van der Waals surface area contributed by atoms with E-state index in [1.807, 2.05) is 70.2 Å². The number of esters is 2. The highest BCUT2D eigenvalue weighted by atomic mass is 16.6. The van der Waals surface area contributed by atoms with E-state index < -0.39 is 47.4 Å². The highest BCUT2D eigenvalue weighted by molar-refractivity contribution is 5.93. The van der Waals surface area contributed by atoms with E-state index in [1.54, 1.807) is 27.0 Å². The second-order valence-electron chi connectivity index (χ2n) is 14.1. The van der Waals surface area contributed by atoms with Gasteiger partial charge in [-0.15, -0.1) is 0 Å². The average Bonchev–Trinajstić information content (AvgIpc) is 3.86. The normalized spacial score (nSPS) is 26.2. The maximum atomic E-state index is 13.6. The van der Waals surface area contributed by atoms with E-state index in [2.05, 4.69) is 10.6 Å².